The van der Waals surface area contributed by atoms with E-state index in [1.807, 2.05) is 42.5 Å². The molecule has 2 rings (SSSR count). The highest BCUT2D eigenvalue weighted by Crippen LogP contribution is 2.23. The molecule has 0 heterocycles. The molecule has 2 aromatic carbocycles. The zero-order valence-electron chi connectivity index (χ0n) is 10.7. The number of hydrogen-bond acceptors (Lipinski definition) is 3. The molecule has 0 saturated heterocycles. The number of benzene rings is 2. The second-order valence-corrected chi connectivity index (χ2v) is 4.52. The Balaban J connectivity index is 2.15. The molecule has 0 amide bonds. The molecule has 100 valence electrons. The largest absolute Gasteiger partial charge is 0.481 e. The van der Waals surface area contributed by atoms with Gasteiger partial charge in [0.1, 0.15) is 0 Å². The first kappa shape index (κ1) is 13.4. The van der Waals surface area contributed by atoms with Crippen LogP contribution >= 0.6 is 0 Å². The van der Waals surface area contributed by atoms with Crippen molar-refractivity contribution < 1.29 is 9.90 Å². The number of carbonyl (C=O) groups is 1. The maximum Gasteiger partial charge on any atom is 0.308 e. The van der Waals surface area contributed by atoms with Gasteiger partial charge >= 0.3 is 5.97 Å². The van der Waals surface area contributed by atoms with Crippen LogP contribution in [0.25, 0.3) is 10.8 Å². The Morgan fingerprint density at radius 2 is 1.95 bits per heavy atom. The van der Waals surface area contributed by atoms with Gasteiger partial charge in [0.2, 0.25) is 0 Å². The Bertz CT molecular complexity index is 564. The Morgan fingerprint density at radius 1 is 1.21 bits per heavy atom. The molecule has 0 bridgehead atoms. The van der Waals surface area contributed by atoms with Crippen molar-refractivity contribution in [2.75, 3.05) is 18.4 Å². The summed E-state index contributed by atoms with van der Waals surface area (Å²) in [6, 6.07) is 14.0. The molecular weight excluding hydrogens is 240 g/mol. The molecule has 1 atom stereocenters. The molecule has 0 saturated carbocycles. The Labute approximate surface area is 112 Å². The van der Waals surface area contributed by atoms with Gasteiger partial charge in [-0.3, -0.25) is 4.79 Å². The summed E-state index contributed by atoms with van der Waals surface area (Å²) in [4.78, 5) is 11.1. The van der Waals surface area contributed by atoms with Gasteiger partial charge in [0, 0.05) is 17.6 Å². The maximum absolute atomic E-state index is 11.1. The topological polar surface area (TPSA) is 75.3 Å². The lowest BCUT2D eigenvalue weighted by molar-refractivity contribution is -0.141. The van der Waals surface area contributed by atoms with E-state index in [0.717, 1.165) is 16.5 Å². The summed E-state index contributed by atoms with van der Waals surface area (Å²) in [6.07, 6.45) is 0.479. The van der Waals surface area contributed by atoms with Crippen LogP contribution in [0.4, 0.5) is 5.69 Å². The third-order valence-corrected chi connectivity index (χ3v) is 3.19. The lowest BCUT2D eigenvalue weighted by Crippen LogP contribution is -2.25. The zero-order chi connectivity index (χ0) is 13.7. The zero-order valence-corrected chi connectivity index (χ0v) is 10.7. The van der Waals surface area contributed by atoms with E-state index in [4.69, 9.17) is 10.8 Å². The van der Waals surface area contributed by atoms with Crippen molar-refractivity contribution in [3.63, 3.8) is 0 Å². The van der Waals surface area contributed by atoms with E-state index >= 15 is 0 Å². The second-order valence-electron chi connectivity index (χ2n) is 4.52. The van der Waals surface area contributed by atoms with Crippen molar-refractivity contribution in [2.24, 2.45) is 11.7 Å². The van der Waals surface area contributed by atoms with Crippen LogP contribution < -0.4 is 11.1 Å². The van der Waals surface area contributed by atoms with Crippen LogP contribution in [0.15, 0.2) is 42.5 Å². The molecule has 0 aliphatic carbocycles. The first-order chi connectivity index (χ1) is 9.22. The van der Waals surface area contributed by atoms with Gasteiger partial charge in [0.05, 0.1) is 5.92 Å². The molecule has 1 unspecified atom stereocenters. The molecular formula is C15H18N2O2. The molecule has 19 heavy (non-hydrogen) atoms. The number of hydrogen-bond donors (Lipinski definition) is 3. The first-order valence-corrected chi connectivity index (χ1v) is 6.37. The standard InChI is InChI=1S/C15H18N2O2/c16-9-8-12(15(18)19)10-17-14-7-3-5-11-4-1-2-6-13(11)14/h1-7,12,17H,8-10,16H2,(H,18,19). The van der Waals surface area contributed by atoms with Crippen LogP contribution in [0.1, 0.15) is 6.42 Å². The number of carboxylic acid groups (broad SMARTS) is 1. The highest BCUT2D eigenvalue weighted by Gasteiger charge is 2.16. The van der Waals surface area contributed by atoms with Crippen LogP contribution in [0.5, 0.6) is 0 Å². The summed E-state index contributed by atoms with van der Waals surface area (Å²) in [5, 5.41) is 14.6. The van der Waals surface area contributed by atoms with E-state index < -0.39 is 11.9 Å². The summed E-state index contributed by atoms with van der Waals surface area (Å²) in [7, 11) is 0. The summed E-state index contributed by atoms with van der Waals surface area (Å²) >= 11 is 0. The Hall–Kier alpha value is -2.07. The van der Waals surface area contributed by atoms with Crippen LogP contribution in [0.2, 0.25) is 0 Å². The fraction of sp³-hybridized carbons (Fsp3) is 0.267. The molecule has 0 fully saturated rings. The van der Waals surface area contributed by atoms with E-state index in [1.165, 1.54) is 0 Å². The number of nitrogens with two attached hydrogens (primary N) is 1. The summed E-state index contributed by atoms with van der Waals surface area (Å²) in [5.41, 5.74) is 6.40. The Morgan fingerprint density at radius 3 is 2.68 bits per heavy atom. The van der Waals surface area contributed by atoms with Crippen molar-refractivity contribution in [3.8, 4) is 0 Å². The summed E-state index contributed by atoms with van der Waals surface area (Å²) < 4.78 is 0. The molecule has 2 aromatic rings. The van der Waals surface area contributed by atoms with Gasteiger partial charge in [-0.25, -0.2) is 0 Å². The molecule has 0 aliphatic rings. The number of aliphatic carboxylic acids is 1. The monoisotopic (exact) mass is 258 g/mol. The van der Waals surface area contributed by atoms with Gasteiger partial charge in [0.15, 0.2) is 0 Å². The molecule has 0 spiro atoms. The van der Waals surface area contributed by atoms with Crippen molar-refractivity contribution in [2.45, 2.75) is 6.42 Å². The fourth-order valence-corrected chi connectivity index (χ4v) is 2.13. The highest BCUT2D eigenvalue weighted by molar-refractivity contribution is 5.93. The molecule has 4 heteroatoms. The van der Waals surface area contributed by atoms with Crippen molar-refractivity contribution in [1.29, 1.82) is 0 Å². The Kier molecular flexibility index (Phi) is 4.36. The second kappa shape index (κ2) is 6.20. The van der Waals surface area contributed by atoms with E-state index in [0.29, 0.717) is 19.5 Å². The van der Waals surface area contributed by atoms with Crippen molar-refractivity contribution >= 4 is 22.4 Å². The van der Waals surface area contributed by atoms with E-state index in [2.05, 4.69) is 5.32 Å². The minimum Gasteiger partial charge on any atom is -0.481 e. The van der Waals surface area contributed by atoms with Gasteiger partial charge in [-0.1, -0.05) is 36.4 Å². The molecule has 0 aliphatic heterocycles. The third-order valence-electron chi connectivity index (χ3n) is 3.19. The number of rotatable bonds is 6. The quantitative estimate of drug-likeness (QED) is 0.743. The lowest BCUT2D eigenvalue weighted by atomic mass is 10.0. The molecule has 4 N–H and O–H groups in total. The number of fused-ring (bicyclic) bond motifs is 1. The average molecular weight is 258 g/mol. The maximum atomic E-state index is 11.1. The number of carboxylic acids is 1. The predicted molar refractivity (Wildman–Crippen MR) is 77.2 cm³/mol. The fourth-order valence-electron chi connectivity index (χ4n) is 2.13. The normalized spacial score (nSPS) is 12.3. The summed E-state index contributed by atoms with van der Waals surface area (Å²) in [5.74, 6) is -1.26. The van der Waals surface area contributed by atoms with Crippen molar-refractivity contribution in [1.82, 2.24) is 0 Å². The number of nitrogens with one attached hydrogen (secondary N) is 1. The minimum atomic E-state index is -0.807. The van der Waals surface area contributed by atoms with Gasteiger partial charge in [0.25, 0.3) is 0 Å². The van der Waals surface area contributed by atoms with Crippen molar-refractivity contribution in [3.05, 3.63) is 42.5 Å². The van der Waals surface area contributed by atoms with Crippen LogP contribution in [-0.2, 0) is 4.79 Å². The predicted octanol–water partition coefficient (Wildman–Crippen LogP) is 2.30. The lowest BCUT2D eigenvalue weighted by Gasteiger charge is -2.14. The minimum absolute atomic E-state index is 0.383. The highest BCUT2D eigenvalue weighted by atomic mass is 16.4. The van der Waals surface area contributed by atoms with Crippen LogP contribution in [0.3, 0.4) is 0 Å². The average Bonchev–Trinajstić information content (AvgIpc) is 2.43. The smallest absolute Gasteiger partial charge is 0.308 e. The number of anilines is 1. The SMILES string of the molecule is NCCC(CNc1cccc2ccccc12)C(=O)O. The van der Waals surface area contributed by atoms with Gasteiger partial charge in [-0.05, 0) is 24.4 Å². The van der Waals surface area contributed by atoms with Crippen LogP contribution in [0, 0.1) is 5.92 Å². The van der Waals surface area contributed by atoms with Crippen LogP contribution in [-0.4, -0.2) is 24.2 Å². The third kappa shape index (κ3) is 3.23. The molecule has 0 radical (unpaired) electrons. The first-order valence-electron chi connectivity index (χ1n) is 6.37. The summed E-state index contributed by atoms with van der Waals surface area (Å²) in [6.45, 7) is 0.773. The van der Waals surface area contributed by atoms with Gasteiger partial charge in [-0.2, -0.15) is 0 Å². The van der Waals surface area contributed by atoms with E-state index in [-0.39, 0.29) is 0 Å². The van der Waals surface area contributed by atoms with E-state index in [9.17, 15) is 4.79 Å². The van der Waals surface area contributed by atoms with Gasteiger partial charge < -0.3 is 16.2 Å². The molecule has 4 nitrogen and oxygen atoms in total. The van der Waals surface area contributed by atoms with Gasteiger partial charge in [-0.15, -0.1) is 0 Å². The molecule has 0 aromatic heterocycles. The van der Waals surface area contributed by atoms with E-state index in [1.54, 1.807) is 0 Å².